The maximum Gasteiger partial charge on any atom is 0.335 e. The topological polar surface area (TPSA) is 180 Å². The number of aliphatic carboxylic acids is 1. The molecule has 1 aliphatic heterocycles. The number of amidine groups is 1. The predicted molar refractivity (Wildman–Crippen MR) is 166 cm³/mol. The molecule has 1 unspecified atom stereocenters. The highest BCUT2D eigenvalue weighted by atomic mass is 16.4. The van der Waals surface area contributed by atoms with Gasteiger partial charge in [-0.1, -0.05) is 84.9 Å². The van der Waals surface area contributed by atoms with Crippen LogP contribution in [0.4, 0.5) is 0 Å². The Bertz CT molecular complexity index is 1790. The third-order valence-corrected chi connectivity index (χ3v) is 8.50. The lowest BCUT2D eigenvalue weighted by atomic mass is 9.59. The molecule has 1 saturated heterocycles. The Kier molecular flexibility index (Phi) is 8.03. The minimum atomic E-state index is -2.25. The van der Waals surface area contributed by atoms with E-state index in [2.05, 4.69) is 5.32 Å². The zero-order chi connectivity index (χ0) is 31.6. The predicted octanol–water partition coefficient (Wildman–Crippen LogP) is 2.92. The van der Waals surface area contributed by atoms with Gasteiger partial charge in [-0.2, -0.15) is 0 Å². The molecule has 0 spiro atoms. The number of nitrogens with two attached hydrogens (primary N) is 2. The van der Waals surface area contributed by atoms with Crippen LogP contribution in [-0.2, 0) is 25.3 Å². The molecular formula is C34H33N5O5. The summed E-state index contributed by atoms with van der Waals surface area (Å²) in [4.78, 5) is 56.7. The van der Waals surface area contributed by atoms with Gasteiger partial charge in [0.1, 0.15) is 11.9 Å². The van der Waals surface area contributed by atoms with Crippen molar-refractivity contribution in [1.82, 2.24) is 10.2 Å². The van der Waals surface area contributed by atoms with Crippen molar-refractivity contribution in [3.8, 4) is 0 Å². The van der Waals surface area contributed by atoms with Crippen LogP contribution in [0.25, 0.3) is 10.8 Å². The molecule has 1 aliphatic rings. The van der Waals surface area contributed by atoms with E-state index >= 15 is 4.79 Å². The normalized spacial score (nSPS) is 20.2. The summed E-state index contributed by atoms with van der Waals surface area (Å²) in [6.45, 7) is 1.00. The fourth-order valence-electron chi connectivity index (χ4n) is 6.53. The Balaban J connectivity index is 1.86. The summed E-state index contributed by atoms with van der Waals surface area (Å²) in [6.07, 6.45) is -0.0391. The number of nitrogens with one attached hydrogen (secondary N) is 2. The van der Waals surface area contributed by atoms with Gasteiger partial charge in [0, 0.05) is 17.7 Å². The third-order valence-electron chi connectivity index (χ3n) is 8.50. The Labute approximate surface area is 254 Å². The highest BCUT2D eigenvalue weighted by molar-refractivity contribution is 6.12. The van der Waals surface area contributed by atoms with Crippen LogP contribution in [0.2, 0.25) is 0 Å². The van der Waals surface area contributed by atoms with E-state index in [0.29, 0.717) is 11.1 Å². The van der Waals surface area contributed by atoms with Crippen LogP contribution < -0.4 is 16.8 Å². The maximum absolute atomic E-state index is 15.1. The number of rotatable bonds is 9. The molecule has 3 atom stereocenters. The molecule has 0 radical (unpaired) electrons. The monoisotopic (exact) mass is 591 g/mol. The van der Waals surface area contributed by atoms with Gasteiger partial charge in [0.2, 0.25) is 11.8 Å². The van der Waals surface area contributed by atoms with Crippen LogP contribution in [-0.4, -0.2) is 58.5 Å². The first-order valence-corrected chi connectivity index (χ1v) is 14.2. The van der Waals surface area contributed by atoms with Gasteiger partial charge in [-0.05, 0) is 47.4 Å². The van der Waals surface area contributed by atoms with E-state index in [1.807, 2.05) is 24.3 Å². The summed E-state index contributed by atoms with van der Waals surface area (Å²) in [6, 6.07) is 26.2. The number of likely N-dealkylation sites (tertiary alicyclic amines) is 1. The number of nitrogen functional groups attached to an aromatic ring is 1. The van der Waals surface area contributed by atoms with Crippen molar-refractivity contribution >= 4 is 40.2 Å². The van der Waals surface area contributed by atoms with E-state index in [4.69, 9.17) is 16.9 Å². The van der Waals surface area contributed by atoms with E-state index in [1.165, 1.54) is 17.9 Å². The van der Waals surface area contributed by atoms with E-state index in [-0.39, 0.29) is 36.5 Å². The molecule has 0 saturated carbocycles. The highest BCUT2D eigenvalue weighted by Crippen LogP contribution is 2.56. The van der Waals surface area contributed by atoms with Crippen LogP contribution >= 0.6 is 0 Å². The fourth-order valence-corrected chi connectivity index (χ4v) is 6.53. The number of carboxylic acid groups (broad SMARTS) is 1. The van der Waals surface area contributed by atoms with Gasteiger partial charge >= 0.3 is 5.97 Å². The minimum Gasteiger partial charge on any atom is -0.479 e. The zero-order valence-electron chi connectivity index (χ0n) is 24.1. The first kappa shape index (κ1) is 30.1. The number of amides is 2. The summed E-state index contributed by atoms with van der Waals surface area (Å²) < 4.78 is 0. The average molecular weight is 592 g/mol. The second-order valence-corrected chi connectivity index (χ2v) is 10.9. The molecule has 7 N–H and O–H groups in total. The number of nitrogens with zero attached hydrogens (tertiary/aromatic N) is 1. The lowest BCUT2D eigenvalue weighted by Crippen LogP contribution is -2.65. The quantitative estimate of drug-likeness (QED) is 0.113. The molecule has 10 heteroatoms. The lowest BCUT2D eigenvalue weighted by Gasteiger charge is -2.47. The molecule has 1 fully saturated rings. The Morgan fingerprint density at radius 3 is 2.20 bits per heavy atom. The summed E-state index contributed by atoms with van der Waals surface area (Å²) in [5.74, 6) is -3.46. The molecule has 1 heterocycles. The molecule has 0 aromatic heterocycles. The summed E-state index contributed by atoms with van der Waals surface area (Å²) in [5, 5.41) is 23.5. The molecule has 2 amide bonds. The zero-order valence-corrected chi connectivity index (χ0v) is 24.1. The van der Waals surface area contributed by atoms with Crippen molar-refractivity contribution in [2.45, 2.75) is 30.3 Å². The molecule has 5 rings (SSSR count). The summed E-state index contributed by atoms with van der Waals surface area (Å²) in [7, 11) is 0. The largest absolute Gasteiger partial charge is 0.479 e. The first-order valence-electron chi connectivity index (χ1n) is 14.2. The number of Topliss-reactive ketones (excluding diaryl/α,β-unsaturated/α-hetero) is 1. The van der Waals surface area contributed by atoms with E-state index in [0.717, 1.165) is 10.8 Å². The minimum absolute atomic E-state index is 0.0391. The molecular weight excluding hydrogens is 558 g/mol. The second kappa shape index (κ2) is 11.7. The van der Waals surface area contributed by atoms with Crippen LogP contribution in [0.1, 0.15) is 40.4 Å². The van der Waals surface area contributed by atoms with Gasteiger partial charge in [-0.25, -0.2) is 4.79 Å². The van der Waals surface area contributed by atoms with Crippen molar-refractivity contribution in [1.29, 1.82) is 5.41 Å². The molecule has 0 aliphatic carbocycles. The van der Waals surface area contributed by atoms with Crippen LogP contribution in [0.15, 0.2) is 97.1 Å². The summed E-state index contributed by atoms with van der Waals surface area (Å²) in [5.41, 5.74) is 8.23. The van der Waals surface area contributed by atoms with E-state index in [1.54, 1.807) is 66.7 Å². The molecule has 4 aromatic rings. The van der Waals surface area contributed by atoms with E-state index < -0.39 is 40.6 Å². The van der Waals surface area contributed by atoms with Crippen molar-refractivity contribution in [3.05, 3.63) is 119 Å². The second-order valence-electron chi connectivity index (χ2n) is 10.9. The number of ketones is 1. The van der Waals surface area contributed by atoms with Crippen molar-refractivity contribution in [3.63, 3.8) is 0 Å². The van der Waals surface area contributed by atoms with Crippen molar-refractivity contribution < 1.29 is 24.3 Å². The number of benzene rings is 4. The number of carbonyl (C=O) groups excluding carboxylic acids is 3. The molecule has 224 valence electrons. The van der Waals surface area contributed by atoms with Crippen LogP contribution in [0.5, 0.6) is 0 Å². The van der Waals surface area contributed by atoms with E-state index in [9.17, 15) is 19.5 Å². The third kappa shape index (κ3) is 4.69. The standard InChI is InChI=1S/C34H33N5O5/c1-21(38-28(40)20-35)31(42)39-17-16-33(26-12-3-2-4-13-26,29(41)24-10-7-11-25(18-24)30(36)37)34(39,32(43)44)27-15-14-22-8-5-6-9-23(22)19-27/h2-15,18-19,21H,16-17,20,35H2,1H3,(H3,36,37)(H,38,40)(H,43,44)/t21-,33?,34-/m0/s1. The Morgan fingerprint density at radius 1 is 0.886 bits per heavy atom. The highest BCUT2D eigenvalue weighted by Gasteiger charge is 2.70. The number of hydrogen-bond donors (Lipinski definition) is 5. The van der Waals surface area contributed by atoms with Gasteiger partial charge in [-0.15, -0.1) is 0 Å². The molecule has 4 aromatic carbocycles. The van der Waals surface area contributed by atoms with Crippen molar-refractivity contribution in [2.75, 3.05) is 13.1 Å². The number of carboxylic acids is 1. The lowest BCUT2D eigenvalue weighted by molar-refractivity contribution is -0.161. The Hall–Kier alpha value is -5.35. The fraction of sp³-hybridized carbons (Fsp3) is 0.206. The first-order chi connectivity index (χ1) is 21.1. The van der Waals surface area contributed by atoms with Gasteiger partial charge in [0.15, 0.2) is 11.3 Å². The maximum atomic E-state index is 15.1. The summed E-state index contributed by atoms with van der Waals surface area (Å²) >= 11 is 0. The van der Waals surface area contributed by atoms with Gasteiger partial charge in [0.05, 0.1) is 12.0 Å². The molecule has 10 nitrogen and oxygen atoms in total. The average Bonchev–Trinajstić information content (AvgIpc) is 3.42. The SMILES string of the molecule is C[C@H](NC(=O)CN)C(=O)N1CCC(C(=O)c2cccc(C(=N)N)c2)(c2ccccc2)[C@@]1(C(=O)O)c1ccc2ccccc2c1. The molecule has 0 bridgehead atoms. The number of hydrogen-bond acceptors (Lipinski definition) is 6. The van der Waals surface area contributed by atoms with Gasteiger partial charge in [-0.3, -0.25) is 19.8 Å². The van der Waals surface area contributed by atoms with Crippen LogP contribution in [0.3, 0.4) is 0 Å². The van der Waals surface area contributed by atoms with Gasteiger partial charge in [0.25, 0.3) is 0 Å². The van der Waals surface area contributed by atoms with Crippen molar-refractivity contribution in [2.24, 2.45) is 11.5 Å². The van der Waals surface area contributed by atoms with Gasteiger partial charge < -0.3 is 26.8 Å². The number of fused-ring (bicyclic) bond motifs is 1. The smallest absolute Gasteiger partial charge is 0.335 e. The van der Waals surface area contributed by atoms with Crippen LogP contribution in [0, 0.1) is 5.41 Å². The Morgan fingerprint density at radius 2 is 1.55 bits per heavy atom. The number of carbonyl (C=O) groups is 4. The molecule has 44 heavy (non-hydrogen) atoms.